The summed E-state index contributed by atoms with van der Waals surface area (Å²) in [6.45, 7) is -0.192. The maximum Gasteiger partial charge on any atom is 0.343 e. The van der Waals surface area contributed by atoms with Crippen LogP contribution in [-0.2, 0) is 9.53 Å². The van der Waals surface area contributed by atoms with Crippen LogP contribution in [0.2, 0.25) is 0 Å². The van der Waals surface area contributed by atoms with Crippen LogP contribution in [0.3, 0.4) is 0 Å². The van der Waals surface area contributed by atoms with E-state index in [-0.39, 0.29) is 12.4 Å². The van der Waals surface area contributed by atoms with E-state index in [1.807, 2.05) is 12.1 Å². The Morgan fingerprint density at radius 1 is 1.14 bits per heavy atom. The smallest absolute Gasteiger partial charge is 0.343 e. The highest BCUT2D eigenvalue weighted by atomic mass is 79.9. The third-order valence-electron chi connectivity index (χ3n) is 3.67. The van der Waals surface area contributed by atoms with Gasteiger partial charge in [-0.15, -0.1) is 0 Å². The number of furan rings is 1. The molecule has 0 aliphatic carbocycles. The molecule has 1 heterocycles. The quantitative estimate of drug-likeness (QED) is 0.248. The summed E-state index contributed by atoms with van der Waals surface area (Å²) >= 11 is 10.2. The SMILES string of the molecule is COC(=O)COc1ccc(/C=N\NC(=O)c2cc3cc(Br)cc(Br)c3o2)cc1Br. The van der Waals surface area contributed by atoms with Gasteiger partial charge in [-0.3, -0.25) is 4.79 Å². The molecule has 0 aliphatic heterocycles. The normalized spacial score (nSPS) is 11.0. The number of esters is 1. The molecule has 10 heteroatoms. The average Bonchev–Trinajstić information content (AvgIpc) is 3.11. The Hall–Kier alpha value is -2.17. The maximum atomic E-state index is 12.3. The first-order valence-electron chi connectivity index (χ1n) is 8.08. The minimum atomic E-state index is -0.477. The molecule has 2 aromatic carbocycles. The molecule has 0 fully saturated rings. The number of fused-ring (bicyclic) bond motifs is 1. The van der Waals surface area contributed by atoms with Crippen LogP contribution < -0.4 is 10.2 Å². The molecule has 0 bridgehead atoms. The predicted molar refractivity (Wildman–Crippen MR) is 118 cm³/mol. The maximum absolute atomic E-state index is 12.3. The van der Waals surface area contributed by atoms with Gasteiger partial charge in [0.25, 0.3) is 0 Å². The van der Waals surface area contributed by atoms with Crippen molar-refractivity contribution < 1.29 is 23.5 Å². The molecule has 0 unspecified atom stereocenters. The fourth-order valence-electron chi connectivity index (χ4n) is 2.32. The molecule has 0 saturated heterocycles. The first kappa shape index (κ1) is 21.5. The van der Waals surface area contributed by atoms with E-state index in [1.54, 1.807) is 24.3 Å². The highest BCUT2D eigenvalue weighted by Gasteiger charge is 2.14. The van der Waals surface area contributed by atoms with E-state index in [9.17, 15) is 9.59 Å². The van der Waals surface area contributed by atoms with Gasteiger partial charge in [0.2, 0.25) is 0 Å². The van der Waals surface area contributed by atoms with Gasteiger partial charge in [-0.05, 0) is 73.8 Å². The van der Waals surface area contributed by atoms with Crippen LogP contribution in [0.25, 0.3) is 11.0 Å². The standard InChI is InChI=1S/C19H13Br3N2O5/c1-27-17(25)9-28-15-3-2-10(4-13(15)21)8-23-24-19(26)16-6-11-5-12(20)7-14(22)18(11)29-16/h2-8H,9H2,1H3,(H,24,26)/b23-8-. The number of benzene rings is 2. The van der Waals surface area contributed by atoms with Crippen molar-refractivity contribution in [2.45, 2.75) is 0 Å². The Balaban J connectivity index is 1.65. The summed E-state index contributed by atoms with van der Waals surface area (Å²) < 4.78 is 17.7. The number of hydrazone groups is 1. The number of hydrogen-bond acceptors (Lipinski definition) is 6. The van der Waals surface area contributed by atoms with Gasteiger partial charge < -0.3 is 13.9 Å². The molecule has 29 heavy (non-hydrogen) atoms. The van der Waals surface area contributed by atoms with Crippen molar-refractivity contribution in [2.75, 3.05) is 13.7 Å². The molecule has 1 N–H and O–H groups in total. The van der Waals surface area contributed by atoms with E-state index in [0.29, 0.717) is 21.4 Å². The molecule has 3 rings (SSSR count). The van der Waals surface area contributed by atoms with Gasteiger partial charge in [-0.2, -0.15) is 5.10 Å². The van der Waals surface area contributed by atoms with E-state index in [0.717, 1.165) is 14.3 Å². The summed E-state index contributed by atoms with van der Waals surface area (Å²) in [6, 6.07) is 10.5. The summed E-state index contributed by atoms with van der Waals surface area (Å²) in [5, 5.41) is 4.73. The first-order valence-corrected chi connectivity index (χ1v) is 10.5. The summed E-state index contributed by atoms with van der Waals surface area (Å²) in [6.07, 6.45) is 1.47. The number of nitrogens with zero attached hydrogens (tertiary/aromatic N) is 1. The lowest BCUT2D eigenvalue weighted by molar-refractivity contribution is -0.142. The van der Waals surface area contributed by atoms with Crippen LogP contribution in [0.4, 0.5) is 0 Å². The first-order chi connectivity index (χ1) is 13.9. The zero-order valence-corrected chi connectivity index (χ0v) is 19.6. The number of carbonyl (C=O) groups is 2. The number of halogens is 3. The van der Waals surface area contributed by atoms with E-state index >= 15 is 0 Å². The average molecular weight is 589 g/mol. The van der Waals surface area contributed by atoms with Crippen LogP contribution in [0.1, 0.15) is 16.1 Å². The Labute approximate surface area is 190 Å². The molecule has 1 amide bonds. The van der Waals surface area contributed by atoms with Crippen molar-refractivity contribution in [1.82, 2.24) is 5.43 Å². The third kappa shape index (κ3) is 5.46. The molecule has 0 atom stereocenters. The second kappa shape index (κ2) is 9.55. The lowest BCUT2D eigenvalue weighted by atomic mass is 10.2. The fraction of sp³-hybridized carbons (Fsp3) is 0.105. The van der Waals surface area contributed by atoms with Gasteiger partial charge in [0.1, 0.15) is 11.3 Å². The number of carbonyl (C=O) groups excluding carboxylic acids is 2. The molecule has 3 aromatic rings. The second-order valence-electron chi connectivity index (χ2n) is 5.67. The number of rotatable bonds is 6. The largest absolute Gasteiger partial charge is 0.481 e. The van der Waals surface area contributed by atoms with E-state index in [2.05, 4.69) is 63.1 Å². The van der Waals surface area contributed by atoms with Crippen LogP contribution in [0, 0.1) is 0 Å². The van der Waals surface area contributed by atoms with Crippen molar-refractivity contribution in [3.05, 3.63) is 61.1 Å². The van der Waals surface area contributed by atoms with Crippen LogP contribution >= 0.6 is 47.8 Å². The van der Waals surface area contributed by atoms with Crippen LogP contribution in [-0.4, -0.2) is 31.8 Å². The molecule has 150 valence electrons. The van der Waals surface area contributed by atoms with Crippen molar-refractivity contribution >= 4 is 76.9 Å². The zero-order valence-electron chi connectivity index (χ0n) is 14.9. The molecule has 0 aliphatic rings. The zero-order chi connectivity index (χ0) is 21.0. The van der Waals surface area contributed by atoms with Crippen molar-refractivity contribution in [2.24, 2.45) is 5.10 Å². The molecular formula is C19H13Br3N2O5. The van der Waals surface area contributed by atoms with E-state index in [1.165, 1.54) is 13.3 Å². The molecule has 7 nitrogen and oxygen atoms in total. The Morgan fingerprint density at radius 2 is 1.93 bits per heavy atom. The van der Waals surface area contributed by atoms with Crippen molar-refractivity contribution in [1.29, 1.82) is 0 Å². The Bertz CT molecular complexity index is 1110. The predicted octanol–water partition coefficient (Wildman–Crippen LogP) is 5.04. The Morgan fingerprint density at radius 3 is 2.66 bits per heavy atom. The summed E-state index contributed by atoms with van der Waals surface area (Å²) in [5.74, 6) is -0.327. The Kier molecular flexibility index (Phi) is 7.09. The summed E-state index contributed by atoms with van der Waals surface area (Å²) in [5.41, 5.74) is 3.71. The van der Waals surface area contributed by atoms with Gasteiger partial charge in [0, 0.05) is 9.86 Å². The van der Waals surface area contributed by atoms with Gasteiger partial charge in [-0.25, -0.2) is 10.2 Å². The van der Waals surface area contributed by atoms with Gasteiger partial charge in [-0.1, -0.05) is 15.9 Å². The summed E-state index contributed by atoms with van der Waals surface area (Å²) in [4.78, 5) is 23.4. The monoisotopic (exact) mass is 586 g/mol. The fourth-order valence-corrected chi connectivity index (χ4v) is 4.17. The number of ether oxygens (including phenoxy) is 2. The lowest BCUT2D eigenvalue weighted by Crippen LogP contribution is -2.16. The number of methoxy groups -OCH3 is 1. The van der Waals surface area contributed by atoms with Gasteiger partial charge >= 0.3 is 11.9 Å². The van der Waals surface area contributed by atoms with Crippen LogP contribution in [0.15, 0.2) is 59.3 Å². The molecule has 0 radical (unpaired) electrons. The highest BCUT2D eigenvalue weighted by molar-refractivity contribution is 9.11. The van der Waals surface area contributed by atoms with Gasteiger partial charge in [0.15, 0.2) is 12.4 Å². The van der Waals surface area contributed by atoms with Crippen molar-refractivity contribution in [3.63, 3.8) is 0 Å². The molecule has 1 aromatic heterocycles. The van der Waals surface area contributed by atoms with E-state index < -0.39 is 11.9 Å². The van der Waals surface area contributed by atoms with E-state index in [4.69, 9.17) is 9.15 Å². The number of amides is 1. The topological polar surface area (TPSA) is 90.1 Å². The number of nitrogens with one attached hydrogen (secondary N) is 1. The molecular weight excluding hydrogens is 576 g/mol. The molecule has 0 spiro atoms. The minimum absolute atomic E-state index is 0.142. The molecule has 0 saturated carbocycles. The minimum Gasteiger partial charge on any atom is -0.481 e. The highest BCUT2D eigenvalue weighted by Crippen LogP contribution is 2.31. The second-order valence-corrected chi connectivity index (χ2v) is 8.29. The van der Waals surface area contributed by atoms with Crippen molar-refractivity contribution in [3.8, 4) is 5.75 Å². The third-order valence-corrected chi connectivity index (χ3v) is 5.33. The lowest BCUT2D eigenvalue weighted by Gasteiger charge is -2.07. The summed E-state index contributed by atoms with van der Waals surface area (Å²) in [7, 11) is 1.29. The van der Waals surface area contributed by atoms with Gasteiger partial charge in [0.05, 0.1) is 22.3 Å². The van der Waals surface area contributed by atoms with Crippen LogP contribution in [0.5, 0.6) is 5.75 Å². The number of hydrogen-bond donors (Lipinski definition) is 1.